The van der Waals surface area contributed by atoms with E-state index in [0.29, 0.717) is 0 Å². The van der Waals surface area contributed by atoms with Crippen LogP contribution in [0.5, 0.6) is 5.75 Å². The van der Waals surface area contributed by atoms with Crippen LogP contribution in [-0.2, 0) is 11.2 Å². The van der Waals surface area contributed by atoms with Crippen LogP contribution in [0, 0.1) is 0 Å². The second-order valence-electron chi connectivity index (χ2n) is 7.11. The van der Waals surface area contributed by atoms with E-state index in [9.17, 15) is 13.2 Å². The van der Waals surface area contributed by atoms with Crippen molar-refractivity contribution in [1.82, 2.24) is 10.2 Å². The highest BCUT2D eigenvalue weighted by molar-refractivity contribution is 5.41. The molecular formula is C18H25F3N2O2. The highest BCUT2D eigenvalue weighted by Gasteiger charge is 2.36. The van der Waals surface area contributed by atoms with E-state index in [1.165, 1.54) is 12.1 Å². The largest absolute Gasteiger partial charge is 0.573 e. The smallest absolute Gasteiger partial charge is 0.406 e. The Hall–Kier alpha value is -1.31. The molecule has 1 atom stereocenters. The van der Waals surface area contributed by atoms with E-state index in [2.05, 4.69) is 29.0 Å². The van der Waals surface area contributed by atoms with Crippen LogP contribution in [0.25, 0.3) is 0 Å². The predicted molar refractivity (Wildman–Crippen MR) is 88.7 cm³/mol. The van der Waals surface area contributed by atoms with E-state index < -0.39 is 6.36 Å². The molecule has 1 heterocycles. The topological polar surface area (TPSA) is 33.7 Å². The standard InChI is InChI=1S/C18H25F3N2O2/c1-23(2)17(7-9-24-10-8-17)12-22-16-6-4-13-3-5-14(11-15(13)16)25-18(19,20)21/h3,5,11,16,22H,4,6-10,12H2,1-2H3/t16-/m0/s1. The van der Waals surface area contributed by atoms with Crippen LogP contribution in [0.1, 0.15) is 36.4 Å². The van der Waals surface area contributed by atoms with Crippen molar-refractivity contribution in [3.8, 4) is 5.75 Å². The van der Waals surface area contributed by atoms with Gasteiger partial charge in [-0.1, -0.05) is 6.07 Å². The molecular weight excluding hydrogens is 333 g/mol. The number of ether oxygens (including phenoxy) is 2. The van der Waals surface area contributed by atoms with Gasteiger partial charge >= 0.3 is 6.36 Å². The fourth-order valence-electron chi connectivity index (χ4n) is 3.84. The zero-order valence-corrected chi connectivity index (χ0v) is 14.7. The molecule has 0 bridgehead atoms. The average molecular weight is 358 g/mol. The molecule has 1 fully saturated rings. The monoisotopic (exact) mass is 358 g/mol. The molecule has 1 N–H and O–H groups in total. The number of alkyl halides is 3. The molecule has 140 valence electrons. The molecule has 0 radical (unpaired) electrons. The van der Waals surface area contributed by atoms with E-state index in [4.69, 9.17) is 4.74 Å². The summed E-state index contributed by atoms with van der Waals surface area (Å²) in [6.07, 6.45) is -0.997. The SMILES string of the molecule is CN(C)C1(CN[C@H]2CCc3ccc(OC(F)(F)F)cc32)CCOCC1. The van der Waals surface area contributed by atoms with Gasteiger partial charge in [0.15, 0.2) is 0 Å². The quantitative estimate of drug-likeness (QED) is 0.876. The first kappa shape index (κ1) is 18.5. The molecule has 7 heteroatoms. The van der Waals surface area contributed by atoms with Gasteiger partial charge in [-0.15, -0.1) is 13.2 Å². The molecule has 2 aliphatic rings. The normalized spacial score (nSPS) is 22.9. The van der Waals surface area contributed by atoms with Gasteiger partial charge in [0.1, 0.15) is 5.75 Å². The highest BCUT2D eigenvalue weighted by atomic mass is 19.4. The Labute approximate surface area is 146 Å². The lowest BCUT2D eigenvalue weighted by atomic mass is 9.88. The summed E-state index contributed by atoms with van der Waals surface area (Å²) in [6, 6.07) is 4.73. The number of hydrogen-bond donors (Lipinski definition) is 1. The Morgan fingerprint density at radius 2 is 2.00 bits per heavy atom. The molecule has 0 saturated carbocycles. The first-order valence-electron chi connectivity index (χ1n) is 8.66. The lowest BCUT2D eigenvalue weighted by molar-refractivity contribution is -0.274. The summed E-state index contributed by atoms with van der Waals surface area (Å²) in [6.45, 7) is 2.27. The van der Waals surface area contributed by atoms with Crippen molar-refractivity contribution >= 4 is 0 Å². The van der Waals surface area contributed by atoms with Gasteiger partial charge in [0.2, 0.25) is 0 Å². The Morgan fingerprint density at radius 3 is 2.64 bits per heavy atom. The van der Waals surface area contributed by atoms with Gasteiger partial charge < -0.3 is 19.7 Å². The van der Waals surface area contributed by atoms with Crippen LogP contribution in [0.4, 0.5) is 13.2 Å². The second kappa shape index (κ2) is 7.13. The van der Waals surface area contributed by atoms with E-state index in [1.807, 2.05) is 0 Å². The molecule has 1 aliphatic heterocycles. The third-order valence-corrected chi connectivity index (χ3v) is 5.48. The number of rotatable bonds is 5. The van der Waals surface area contributed by atoms with Crippen molar-refractivity contribution in [2.24, 2.45) is 0 Å². The number of nitrogens with zero attached hydrogens (tertiary/aromatic N) is 1. The number of halogens is 3. The lowest BCUT2D eigenvalue weighted by Crippen LogP contribution is -2.55. The van der Waals surface area contributed by atoms with E-state index in [-0.39, 0.29) is 17.3 Å². The predicted octanol–water partition coefficient (Wildman–Crippen LogP) is 3.27. The summed E-state index contributed by atoms with van der Waals surface area (Å²) in [4.78, 5) is 2.24. The summed E-state index contributed by atoms with van der Waals surface area (Å²) >= 11 is 0. The van der Waals surface area contributed by atoms with Crippen molar-refractivity contribution in [2.45, 2.75) is 43.6 Å². The lowest BCUT2D eigenvalue weighted by Gasteiger charge is -2.43. The Balaban J connectivity index is 1.70. The third-order valence-electron chi connectivity index (χ3n) is 5.48. The average Bonchev–Trinajstić information content (AvgIpc) is 2.94. The fourth-order valence-corrected chi connectivity index (χ4v) is 3.84. The van der Waals surface area contributed by atoms with Crippen molar-refractivity contribution in [1.29, 1.82) is 0 Å². The van der Waals surface area contributed by atoms with E-state index in [1.54, 1.807) is 6.07 Å². The van der Waals surface area contributed by atoms with Crippen LogP contribution in [0.15, 0.2) is 18.2 Å². The van der Waals surface area contributed by atoms with E-state index in [0.717, 1.165) is 56.6 Å². The number of hydrogen-bond acceptors (Lipinski definition) is 4. The third kappa shape index (κ3) is 4.27. The minimum atomic E-state index is -4.66. The maximum Gasteiger partial charge on any atom is 0.573 e. The van der Waals surface area contributed by atoms with Gasteiger partial charge in [0.25, 0.3) is 0 Å². The Morgan fingerprint density at radius 1 is 1.28 bits per heavy atom. The maximum atomic E-state index is 12.5. The van der Waals surface area contributed by atoms with Crippen LogP contribution >= 0.6 is 0 Å². The molecule has 1 aliphatic carbocycles. The molecule has 0 unspecified atom stereocenters. The van der Waals surface area contributed by atoms with Crippen LogP contribution in [0.3, 0.4) is 0 Å². The molecule has 1 saturated heterocycles. The van der Waals surface area contributed by atoms with Crippen molar-refractivity contribution < 1.29 is 22.6 Å². The minimum Gasteiger partial charge on any atom is -0.406 e. The summed E-state index contributed by atoms with van der Waals surface area (Å²) in [7, 11) is 4.15. The van der Waals surface area contributed by atoms with Gasteiger partial charge in [0.05, 0.1) is 0 Å². The molecule has 1 aromatic rings. The van der Waals surface area contributed by atoms with Gasteiger partial charge in [-0.25, -0.2) is 0 Å². The number of likely N-dealkylation sites (N-methyl/N-ethyl adjacent to an activating group) is 1. The molecule has 1 aromatic carbocycles. The van der Waals surface area contributed by atoms with Gasteiger partial charge in [0, 0.05) is 31.3 Å². The molecule has 0 spiro atoms. The molecule has 0 aromatic heterocycles. The van der Waals surface area contributed by atoms with Crippen LogP contribution in [-0.4, -0.2) is 50.7 Å². The summed E-state index contributed by atoms with van der Waals surface area (Å²) in [5.74, 6) is -0.145. The number of nitrogens with one attached hydrogen (secondary N) is 1. The molecule has 0 amide bonds. The van der Waals surface area contributed by atoms with Crippen molar-refractivity contribution in [2.75, 3.05) is 33.9 Å². The molecule has 3 rings (SSSR count). The fraction of sp³-hybridized carbons (Fsp3) is 0.667. The maximum absolute atomic E-state index is 12.5. The van der Waals surface area contributed by atoms with E-state index >= 15 is 0 Å². The molecule has 25 heavy (non-hydrogen) atoms. The highest BCUT2D eigenvalue weighted by Crippen LogP contribution is 2.36. The number of aryl methyl sites for hydroxylation is 1. The first-order valence-corrected chi connectivity index (χ1v) is 8.66. The second-order valence-corrected chi connectivity index (χ2v) is 7.11. The van der Waals surface area contributed by atoms with Gasteiger partial charge in [-0.2, -0.15) is 0 Å². The minimum absolute atomic E-state index is 0.0289. The summed E-state index contributed by atoms with van der Waals surface area (Å²) < 4.78 is 47.0. The van der Waals surface area contributed by atoms with Crippen LogP contribution in [0.2, 0.25) is 0 Å². The van der Waals surface area contributed by atoms with Gasteiger partial charge in [-0.3, -0.25) is 0 Å². The Kier molecular flexibility index (Phi) is 5.27. The summed E-state index contributed by atoms with van der Waals surface area (Å²) in [5, 5.41) is 3.59. The van der Waals surface area contributed by atoms with Crippen molar-refractivity contribution in [3.05, 3.63) is 29.3 Å². The Bertz CT molecular complexity index is 598. The number of benzene rings is 1. The van der Waals surface area contributed by atoms with Crippen LogP contribution < -0.4 is 10.1 Å². The first-order chi connectivity index (χ1) is 11.8. The zero-order valence-electron chi connectivity index (χ0n) is 14.7. The number of fused-ring (bicyclic) bond motifs is 1. The molecule has 4 nitrogen and oxygen atoms in total. The van der Waals surface area contributed by atoms with Gasteiger partial charge in [-0.05, 0) is 63.0 Å². The summed E-state index contributed by atoms with van der Waals surface area (Å²) in [5.41, 5.74) is 2.04. The van der Waals surface area contributed by atoms with Crippen molar-refractivity contribution in [3.63, 3.8) is 0 Å². The zero-order chi connectivity index (χ0) is 18.1.